The highest BCUT2D eigenvalue weighted by Crippen LogP contribution is 1.94. The lowest BCUT2D eigenvalue weighted by Gasteiger charge is -1.91. The maximum atomic E-state index is 10.1. The van der Waals surface area contributed by atoms with E-state index >= 15 is 0 Å². The first-order valence-corrected chi connectivity index (χ1v) is 3.04. The molecule has 9 heavy (non-hydrogen) atoms. The Morgan fingerprint density at radius 2 is 2.33 bits per heavy atom. The van der Waals surface area contributed by atoms with Crippen LogP contribution in [0.1, 0.15) is 13.8 Å². The number of carbonyl (C=O) groups is 1. The minimum atomic E-state index is -0.330. The lowest BCUT2D eigenvalue weighted by molar-refractivity contribution is -0.135. The van der Waals surface area contributed by atoms with Crippen molar-refractivity contribution in [2.45, 2.75) is 19.2 Å². The van der Waals surface area contributed by atoms with Crippen LogP contribution in [0.3, 0.4) is 0 Å². The van der Waals surface area contributed by atoms with Crippen LogP contribution < -0.4 is 0 Å². The van der Waals surface area contributed by atoms with Crippen LogP contribution in [0.5, 0.6) is 0 Å². The van der Waals surface area contributed by atoms with E-state index in [0.29, 0.717) is 0 Å². The summed E-state index contributed by atoms with van der Waals surface area (Å²) >= 11 is 5.48. The first kappa shape index (κ1) is 8.50. The summed E-state index contributed by atoms with van der Waals surface area (Å²) in [5.41, 5.74) is 0. The molecule has 0 amide bonds. The van der Waals surface area contributed by atoms with Gasteiger partial charge in [0.05, 0.1) is 11.6 Å². The summed E-state index contributed by atoms with van der Waals surface area (Å²) in [5, 5.41) is -0.0932. The summed E-state index contributed by atoms with van der Waals surface area (Å²) in [6.07, 6.45) is 2.88. The van der Waals surface area contributed by atoms with E-state index in [1.807, 2.05) is 0 Å². The fourth-order valence-electron chi connectivity index (χ4n) is 0.243. The zero-order chi connectivity index (χ0) is 7.28. The number of halogens is 1. The molecule has 0 aromatic rings. The molecule has 1 unspecified atom stereocenters. The van der Waals surface area contributed by atoms with Crippen LogP contribution in [-0.4, -0.2) is 11.3 Å². The Labute approximate surface area is 59.5 Å². The molecule has 3 heteroatoms. The molecule has 0 bridgehead atoms. The zero-order valence-corrected chi connectivity index (χ0v) is 6.18. The molecule has 0 spiro atoms. The van der Waals surface area contributed by atoms with Crippen LogP contribution in [0.25, 0.3) is 0 Å². The molecule has 1 atom stereocenters. The fourth-order valence-corrected chi connectivity index (χ4v) is 0.303. The van der Waals surface area contributed by atoms with Crippen LogP contribution in [-0.2, 0) is 9.53 Å². The minimum Gasteiger partial charge on any atom is -0.435 e. The van der Waals surface area contributed by atoms with Crippen molar-refractivity contribution in [1.82, 2.24) is 0 Å². The molecule has 0 aliphatic carbocycles. The van der Waals surface area contributed by atoms with E-state index in [9.17, 15) is 4.79 Å². The molecule has 0 aliphatic rings. The first-order valence-electron chi connectivity index (χ1n) is 2.61. The van der Waals surface area contributed by atoms with Gasteiger partial charge in [0, 0.05) is 6.92 Å². The molecule has 0 rings (SSSR count). The summed E-state index contributed by atoms with van der Waals surface area (Å²) in [4.78, 5) is 10.1. The quantitative estimate of drug-likeness (QED) is 0.339. The third-order valence-electron chi connectivity index (χ3n) is 0.578. The Kier molecular flexibility index (Phi) is 4.14. The highest BCUT2D eigenvalue weighted by molar-refractivity contribution is 6.21. The highest BCUT2D eigenvalue weighted by Gasteiger charge is 1.87. The Morgan fingerprint density at radius 3 is 2.67 bits per heavy atom. The van der Waals surface area contributed by atoms with Crippen LogP contribution in [0.15, 0.2) is 12.3 Å². The number of alkyl halides is 1. The second-order valence-electron chi connectivity index (χ2n) is 1.62. The van der Waals surface area contributed by atoms with Crippen LogP contribution >= 0.6 is 11.6 Å². The van der Waals surface area contributed by atoms with E-state index in [-0.39, 0.29) is 11.3 Å². The summed E-state index contributed by atoms with van der Waals surface area (Å²) in [5.74, 6) is -0.330. The molecule has 0 aromatic carbocycles. The number of ether oxygens (including phenoxy) is 1. The van der Waals surface area contributed by atoms with Crippen molar-refractivity contribution in [3.05, 3.63) is 12.3 Å². The smallest absolute Gasteiger partial charge is 0.307 e. The van der Waals surface area contributed by atoms with Crippen LogP contribution in [0.4, 0.5) is 0 Å². The number of hydrogen-bond acceptors (Lipinski definition) is 2. The Balaban J connectivity index is 3.36. The van der Waals surface area contributed by atoms with Gasteiger partial charge in [-0.2, -0.15) is 0 Å². The van der Waals surface area contributed by atoms with E-state index in [1.165, 1.54) is 13.2 Å². The molecular weight excluding hydrogens is 140 g/mol. The molecule has 0 fully saturated rings. The maximum absolute atomic E-state index is 10.1. The summed E-state index contributed by atoms with van der Waals surface area (Å²) in [6.45, 7) is 3.12. The van der Waals surface area contributed by atoms with Crippen molar-refractivity contribution >= 4 is 17.6 Å². The number of carbonyl (C=O) groups excluding carboxylic acids is 1. The number of rotatable bonds is 2. The van der Waals surface area contributed by atoms with Gasteiger partial charge in [-0.25, -0.2) is 0 Å². The first-order chi connectivity index (χ1) is 4.13. The lowest BCUT2D eigenvalue weighted by Crippen LogP contribution is -1.91. The van der Waals surface area contributed by atoms with Crippen molar-refractivity contribution in [2.75, 3.05) is 0 Å². The van der Waals surface area contributed by atoms with Crippen LogP contribution in [0.2, 0.25) is 0 Å². The predicted molar refractivity (Wildman–Crippen MR) is 36.2 cm³/mol. The van der Waals surface area contributed by atoms with Gasteiger partial charge >= 0.3 is 5.97 Å². The summed E-state index contributed by atoms with van der Waals surface area (Å²) in [7, 11) is 0. The summed E-state index contributed by atoms with van der Waals surface area (Å²) in [6, 6.07) is 0. The molecule has 0 radical (unpaired) electrons. The maximum Gasteiger partial charge on any atom is 0.307 e. The van der Waals surface area contributed by atoms with Gasteiger partial charge in [-0.15, -0.1) is 11.6 Å². The minimum absolute atomic E-state index is 0.0932. The second kappa shape index (κ2) is 4.39. The van der Waals surface area contributed by atoms with E-state index in [2.05, 4.69) is 4.74 Å². The van der Waals surface area contributed by atoms with Crippen molar-refractivity contribution in [2.24, 2.45) is 0 Å². The van der Waals surface area contributed by atoms with Gasteiger partial charge in [0.25, 0.3) is 0 Å². The second-order valence-corrected chi connectivity index (χ2v) is 2.30. The lowest BCUT2D eigenvalue weighted by atomic mass is 10.5. The van der Waals surface area contributed by atoms with Crippen molar-refractivity contribution in [3.8, 4) is 0 Å². The van der Waals surface area contributed by atoms with Crippen molar-refractivity contribution < 1.29 is 9.53 Å². The monoisotopic (exact) mass is 148 g/mol. The van der Waals surface area contributed by atoms with Gasteiger partial charge in [0.15, 0.2) is 0 Å². The van der Waals surface area contributed by atoms with Gasteiger partial charge in [-0.1, -0.05) is 0 Å². The third-order valence-corrected chi connectivity index (χ3v) is 0.723. The number of esters is 1. The topological polar surface area (TPSA) is 26.3 Å². The summed E-state index contributed by atoms with van der Waals surface area (Å²) < 4.78 is 4.45. The van der Waals surface area contributed by atoms with E-state index < -0.39 is 0 Å². The number of hydrogen-bond donors (Lipinski definition) is 0. The zero-order valence-electron chi connectivity index (χ0n) is 5.43. The van der Waals surface area contributed by atoms with Crippen molar-refractivity contribution in [3.63, 3.8) is 0 Å². The average Bonchev–Trinajstić information content (AvgIpc) is 1.63. The highest BCUT2D eigenvalue weighted by atomic mass is 35.5. The fraction of sp³-hybridized carbons (Fsp3) is 0.500. The van der Waals surface area contributed by atoms with E-state index in [1.54, 1.807) is 13.0 Å². The Hall–Kier alpha value is -0.500. The number of allylic oxidation sites excluding steroid dienone is 1. The van der Waals surface area contributed by atoms with Gasteiger partial charge in [0.1, 0.15) is 0 Å². The molecule has 52 valence electrons. The Morgan fingerprint density at radius 1 is 1.78 bits per heavy atom. The average molecular weight is 149 g/mol. The molecular formula is C6H9ClO2. The molecule has 0 aliphatic heterocycles. The molecule has 0 saturated carbocycles. The largest absolute Gasteiger partial charge is 0.435 e. The predicted octanol–water partition coefficient (Wildman–Crippen LogP) is 1.69. The van der Waals surface area contributed by atoms with Gasteiger partial charge < -0.3 is 4.74 Å². The molecule has 0 saturated heterocycles. The molecule has 0 heterocycles. The van der Waals surface area contributed by atoms with E-state index in [4.69, 9.17) is 11.6 Å². The Bertz CT molecular complexity index is 118. The van der Waals surface area contributed by atoms with Gasteiger partial charge in [0.2, 0.25) is 0 Å². The standard InChI is InChI=1S/C6H9ClO2/c1-5(7)3-4-9-6(2)8/h3-5H,1-2H3/b4-3+. The molecule has 0 aromatic heterocycles. The third kappa shape index (κ3) is 7.50. The van der Waals surface area contributed by atoms with Crippen molar-refractivity contribution in [1.29, 1.82) is 0 Å². The van der Waals surface area contributed by atoms with Crippen LogP contribution in [0, 0.1) is 0 Å². The normalized spacial score (nSPS) is 13.7. The molecule has 0 N–H and O–H groups in total. The SMILES string of the molecule is CC(=O)O/C=C/C(C)Cl. The van der Waals surface area contributed by atoms with E-state index in [0.717, 1.165) is 0 Å². The van der Waals surface area contributed by atoms with Gasteiger partial charge in [-0.3, -0.25) is 4.79 Å². The van der Waals surface area contributed by atoms with Gasteiger partial charge in [-0.05, 0) is 13.0 Å². The molecule has 2 nitrogen and oxygen atoms in total.